The highest BCUT2D eigenvalue weighted by atomic mass is 35.5. The van der Waals surface area contributed by atoms with Gasteiger partial charge in [0.2, 0.25) is 0 Å². The number of aryl methyl sites for hydroxylation is 1. The van der Waals surface area contributed by atoms with E-state index in [1.54, 1.807) is 11.3 Å². The van der Waals surface area contributed by atoms with E-state index in [-0.39, 0.29) is 6.04 Å². The van der Waals surface area contributed by atoms with Gasteiger partial charge in [0.15, 0.2) is 0 Å². The average Bonchev–Trinajstić information content (AvgIpc) is 2.94. The van der Waals surface area contributed by atoms with Gasteiger partial charge in [-0.1, -0.05) is 29.9 Å². The Morgan fingerprint density at radius 2 is 2.24 bits per heavy atom. The fourth-order valence-electron chi connectivity index (χ4n) is 1.69. The highest BCUT2D eigenvalue weighted by Crippen LogP contribution is 2.33. The quantitative estimate of drug-likeness (QED) is 0.914. The summed E-state index contributed by atoms with van der Waals surface area (Å²) in [6.07, 6.45) is 0.910. The predicted octanol–water partition coefficient (Wildman–Crippen LogP) is 3.51. The minimum absolute atomic E-state index is 0.174. The molecule has 0 fully saturated rings. The Morgan fingerprint density at radius 1 is 1.41 bits per heavy atom. The van der Waals surface area contributed by atoms with Crippen LogP contribution < -0.4 is 5.32 Å². The third-order valence-corrected chi connectivity index (χ3v) is 4.60. The van der Waals surface area contributed by atoms with Crippen molar-refractivity contribution >= 4 is 34.5 Å². The van der Waals surface area contributed by atoms with Crippen molar-refractivity contribution in [3.63, 3.8) is 0 Å². The zero-order valence-corrected chi connectivity index (χ0v) is 12.1. The second kappa shape index (κ2) is 5.91. The summed E-state index contributed by atoms with van der Waals surface area (Å²) in [4.78, 5) is 2.42. The van der Waals surface area contributed by atoms with Crippen molar-refractivity contribution in [1.29, 1.82) is 0 Å². The molecule has 2 aromatic heterocycles. The second-order valence-electron chi connectivity index (χ2n) is 3.57. The molecule has 1 N–H and O–H groups in total. The summed E-state index contributed by atoms with van der Waals surface area (Å²) in [6.45, 7) is 5.11. The molecule has 1 unspecified atom stereocenters. The minimum atomic E-state index is 0.174. The third kappa shape index (κ3) is 2.85. The minimum Gasteiger partial charge on any atom is -0.305 e. The van der Waals surface area contributed by atoms with E-state index >= 15 is 0 Å². The first-order valence-corrected chi connectivity index (χ1v) is 7.52. The number of rotatable bonds is 5. The van der Waals surface area contributed by atoms with Crippen molar-refractivity contribution < 1.29 is 0 Å². The number of thiophene rings is 1. The summed E-state index contributed by atoms with van der Waals surface area (Å²) in [6, 6.07) is 4.18. The van der Waals surface area contributed by atoms with Crippen LogP contribution >= 0.6 is 34.5 Å². The van der Waals surface area contributed by atoms with Crippen LogP contribution in [-0.2, 0) is 6.42 Å². The molecule has 1 atom stereocenters. The first kappa shape index (κ1) is 13.0. The molecule has 0 aliphatic rings. The molecule has 0 aromatic carbocycles. The molecule has 2 heterocycles. The zero-order valence-electron chi connectivity index (χ0n) is 9.74. The molecule has 0 aliphatic carbocycles. The van der Waals surface area contributed by atoms with Crippen molar-refractivity contribution in [1.82, 2.24) is 14.9 Å². The van der Waals surface area contributed by atoms with E-state index in [0.29, 0.717) is 0 Å². The van der Waals surface area contributed by atoms with Crippen LogP contribution in [0.1, 0.15) is 35.3 Å². The summed E-state index contributed by atoms with van der Waals surface area (Å²) >= 11 is 9.08. The van der Waals surface area contributed by atoms with Crippen LogP contribution in [0.2, 0.25) is 4.34 Å². The molecular weight excluding hydrogens is 274 g/mol. The van der Waals surface area contributed by atoms with E-state index in [1.807, 2.05) is 6.07 Å². The Kier molecular flexibility index (Phi) is 4.50. The molecule has 6 heteroatoms. The lowest BCUT2D eigenvalue weighted by molar-refractivity contribution is 0.642. The number of hydrogen-bond acceptors (Lipinski definition) is 5. The predicted molar refractivity (Wildman–Crippen MR) is 74.1 cm³/mol. The number of nitrogens with one attached hydrogen (secondary N) is 1. The van der Waals surface area contributed by atoms with Crippen molar-refractivity contribution in [2.24, 2.45) is 0 Å². The lowest BCUT2D eigenvalue weighted by Gasteiger charge is -2.15. The van der Waals surface area contributed by atoms with Crippen molar-refractivity contribution in [2.45, 2.75) is 26.3 Å². The van der Waals surface area contributed by atoms with E-state index in [4.69, 9.17) is 11.6 Å². The standard InChI is InChI=1S/C11H14ClN3S2/c1-3-7-11(17-15-14-7)10(13-4-2)8-5-6-9(12)16-8/h5-6,10,13H,3-4H2,1-2H3. The Hall–Kier alpha value is -0.490. The molecule has 3 nitrogen and oxygen atoms in total. The van der Waals surface area contributed by atoms with Gasteiger partial charge in [0.05, 0.1) is 20.9 Å². The smallest absolute Gasteiger partial charge is 0.0931 e. The van der Waals surface area contributed by atoms with Gasteiger partial charge in [0.25, 0.3) is 0 Å². The normalized spacial score (nSPS) is 12.9. The molecule has 0 amide bonds. The molecule has 0 saturated heterocycles. The average molecular weight is 288 g/mol. The summed E-state index contributed by atoms with van der Waals surface area (Å²) in [5.74, 6) is 0. The highest BCUT2D eigenvalue weighted by molar-refractivity contribution is 7.16. The van der Waals surface area contributed by atoms with Gasteiger partial charge < -0.3 is 5.32 Å². The van der Waals surface area contributed by atoms with Crippen LogP contribution in [0.25, 0.3) is 0 Å². The number of nitrogens with zero attached hydrogens (tertiary/aromatic N) is 2. The lowest BCUT2D eigenvalue weighted by atomic mass is 10.1. The summed E-state index contributed by atoms with van der Waals surface area (Å²) < 4.78 is 4.87. The molecule has 17 heavy (non-hydrogen) atoms. The first-order chi connectivity index (χ1) is 8.26. The van der Waals surface area contributed by atoms with Gasteiger partial charge in [-0.2, -0.15) is 0 Å². The highest BCUT2D eigenvalue weighted by Gasteiger charge is 2.21. The summed E-state index contributed by atoms with van der Waals surface area (Å²) in [7, 11) is 0. The molecule has 0 aliphatic heterocycles. The van der Waals surface area contributed by atoms with Gasteiger partial charge in [0, 0.05) is 4.88 Å². The number of aromatic nitrogens is 2. The van der Waals surface area contributed by atoms with Crippen LogP contribution in [0, 0.1) is 0 Å². The van der Waals surface area contributed by atoms with Gasteiger partial charge in [0.1, 0.15) is 0 Å². The molecule has 92 valence electrons. The van der Waals surface area contributed by atoms with Crippen LogP contribution in [0.15, 0.2) is 12.1 Å². The molecule has 0 spiro atoms. The Labute approximate surface area is 114 Å². The summed E-state index contributed by atoms with van der Waals surface area (Å²) in [5, 5.41) is 7.64. The van der Waals surface area contributed by atoms with E-state index in [9.17, 15) is 0 Å². The van der Waals surface area contributed by atoms with E-state index < -0.39 is 0 Å². The van der Waals surface area contributed by atoms with Crippen molar-refractivity contribution in [2.75, 3.05) is 6.54 Å². The maximum atomic E-state index is 6.00. The topological polar surface area (TPSA) is 37.8 Å². The fourth-order valence-corrected chi connectivity index (χ4v) is 3.74. The molecule has 0 saturated carbocycles. The largest absolute Gasteiger partial charge is 0.305 e. The lowest BCUT2D eigenvalue weighted by Crippen LogP contribution is -2.21. The SMILES string of the molecule is CCNC(c1ccc(Cl)s1)c1snnc1CC. The van der Waals surface area contributed by atoms with Crippen LogP contribution in [0.4, 0.5) is 0 Å². The van der Waals surface area contributed by atoms with Gasteiger partial charge in [-0.3, -0.25) is 0 Å². The van der Waals surface area contributed by atoms with Crippen LogP contribution in [-0.4, -0.2) is 16.1 Å². The number of hydrogen-bond donors (Lipinski definition) is 1. The number of halogens is 1. The van der Waals surface area contributed by atoms with Crippen molar-refractivity contribution in [3.05, 3.63) is 31.9 Å². The Bertz CT molecular complexity index is 481. The zero-order chi connectivity index (χ0) is 12.3. The van der Waals surface area contributed by atoms with E-state index in [0.717, 1.165) is 23.0 Å². The molecule has 2 aromatic rings. The maximum Gasteiger partial charge on any atom is 0.0931 e. The first-order valence-electron chi connectivity index (χ1n) is 5.56. The van der Waals surface area contributed by atoms with Gasteiger partial charge in [-0.25, -0.2) is 0 Å². The summed E-state index contributed by atoms with van der Waals surface area (Å²) in [5.41, 5.74) is 1.07. The van der Waals surface area contributed by atoms with Crippen LogP contribution in [0.3, 0.4) is 0 Å². The fraction of sp³-hybridized carbons (Fsp3) is 0.455. The monoisotopic (exact) mass is 287 g/mol. The van der Waals surface area contributed by atoms with Gasteiger partial charge in [-0.15, -0.1) is 16.4 Å². The maximum absolute atomic E-state index is 6.00. The second-order valence-corrected chi connectivity index (χ2v) is 6.10. The van der Waals surface area contributed by atoms with Crippen molar-refractivity contribution in [3.8, 4) is 0 Å². The molecular formula is C11H14ClN3S2. The van der Waals surface area contributed by atoms with Gasteiger partial charge >= 0.3 is 0 Å². The Morgan fingerprint density at radius 3 is 2.82 bits per heavy atom. The van der Waals surface area contributed by atoms with E-state index in [1.165, 1.54) is 21.3 Å². The van der Waals surface area contributed by atoms with Crippen LogP contribution in [0.5, 0.6) is 0 Å². The van der Waals surface area contributed by atoms with E-state index in [2.05, 4.69) is 34.8 Å². The Balaban J connectivity index is 2.35. The molecule has 0 bridgehead atoms. The molecule has 2 rings (SSSR count). The van der Waals surface area contributed by atoms with Gasteiger partial charge in [-0.05, 0) is 36.6 Å². The molecule has 0 radical (unpaired) electrons. The third-order valence-electron chi connectivity index (χ3n) is 2.47.